The molecule has 4 nitrogen and oxygen atoms in total. The van der Waals surface area contributed by atoms with E-state index in [1.54, 1.807) is 6.08 Å². The average Bonchev–Trinajstić information content (AvgIpc) is 2.44. The minimum atomic E-state index is -0.290. The Balaban J connectivity index is 2.30. The Kier molecular flexibility index (Phi) is 7.65. The normalized spacial score (nSPS) is 10.5. The van der Waals surface area contributed by atoms with Crippen molar-refractivity contribution in [1.29, 1.82) is 0 Å². The van der Waals surface area contributed by atoms with E-state index in [0.29, 0.717) is 6.61 Å². The lowest BCUT2D eigenvalue weighted by molar-refractivity contribution is -0.143. The summed E-state index contributed by atoms with van der Waals surface area (Å²) in [5.41, 5.74) is 0.921. The van der Waals surface area contributed by atoms with Crippen LogP contribution in [0.4, 0.5) is 0 Å². The minimum Gasteiger partial charge on any atom is -0.466 e. The van der Waals surface area contributed by atoms with Crippen molar-refractivity contribution < 1.29 is 14.3 Å². The van der Waals surface area contributed by atoms with Crippen LogP contribution in [0.15, 0.2) is 34.8 Å². The fourth-order valence-corrected chi connectivity index (χ4v) is 1.83. The van der Waals surface area contributed by atoms with Gasteiger partial charge in [-0.3, -0.25) is 9.59 Å². The first-order valence-electron chi connectivity index (χ1n) is 6.49. The zero-order chi connectivity index (χ0) is 14.8. The standard InChI is InChI=1S/C15H18BrNO3/c1-2-11-20-15(19)9-10-17-14(18)8-7-12-5-3-4-6-13(12)16/h3-8H,2,9-11H2,1H3,(H,17,18). The fraction of sp³-hybridized carbons (Fsp3) is 0.333. The van der Waals surface area contributed by atoms with Gasteiger partial charge in [0.15, 0.2) is 0 Å². The monoisotopic (exact) mass is 339 g/mol. The first-order valence-corrected chi connectivity index (χ1v) is 7.29. The van der Waals surface area contributed by atoms with Crippen molar-refractivity contribution in [2.24, 2.45) is 0 Å². The maximum atomic E-state index is 11.6. The van der Waals surface area contributed by atoms with E-state index in [4.69, 9.17) is 4.74 Å². The van der Waals surface area contributed by atoms with E-state index in [1.165, 1.54) is 6.08 Å². The third-order valence-electron chi connectivity index (χ3n) is 2.42. The largest absolute Gasteiger partial charge is 0.466 e. The van der Waals surface area contributed by atoms with Gasteiger partial charge in [-0.15, -0.1) is 0 Å². The lowest BCUT2D eigenvalue weighted by Crippen LogP contribution is -2.24. The summed E-state index contributed by atoms with van der Waals surface area (Å²) < 4.78 is 5.83. The highest BCUT2D eigenvalue weighted by atomic mass is 79.9. The van der Waals surface area contributed by atoms with Gasteiger partial charge in [-0.1, -0.05) is 41.1 Å². The Morgan fingerprint density at radius 1 is 1.35 bits per heavy atom. The Bertz CT molecular complexity index is 486. The summed E-state index contributed by atoms with van der Waals surface area (Å²) in [4.78, 5) is 22.8. The molecule has 0 unspecified atom stereocenters. The van der Waals surface area contributed by atoms with Gasteiger partial charge >= 0.3 is 5.97 Å². The molecule has 0 aliphatic carbocycles. The van der Waals surface area contributed by atoms with Crippen molar-refractivity contribution in [2.75, 3.05) is 13.2 Å². The first kappa shape index (κ1) is 16.4. The molecule has 0 fully saturated rings. The molecule has 0 saturated carbocycles. The predicted molar refractivity (Wildman–Crippen MR) is 82.1 cm³/mol. The molecule has 0 saturated heterocycles. The smallest absolute Gasteiger partial charge is 0.307 e. The van der Waals surface area contributed by atoms with Gasteiger partial charge in [-0.05, 0) is 24.1 Å². The highest BCUT2D eigenvalue weighted by Gasteiger charge is 2.03. The van der Waals surface area contributed by atoms with E-state index in [0.717, 1.165) is 16.5 Å². The second kappa shape index (κ2) is 9.31. The van der Waals surface area contributed by atoms with Crippen molar-refractivity contribution in [3.8, 4) is 0 Å². The van der Waals surface area contributed by atoms with Crippen LogP contribution in [0.3, 0.4) is 0 Å². The van der Waals surface area contributed by atoms with Crippen molar-refractivity contribution in [1.82, 2.24) is 5.32 Å². The number of carbonyl (C=O) groups is 2. The molecule has 0 atom stereocenters. The summed E-state index contributed by atoms with van der Waals surface area (Å²) in [6, 6.07) is 7.60. The number of hydrogen-bond donors (Lipinski definition) is 1. The van der Waals surface area contributed by atoms with Crippen LogP contribution in [0.5, 0.6) is 0 Å². The van der Waals surface area contributed by atoms with Crippen LogP contribution in [0.2, 0.25) is 0 Å². The molecule has 1 aromatic rings. The van der Waals surface area contributed by atoms with Gasteiger partial charge in [0.2, 0.25) is 5.91 Å². The average molecular weight is 340 g/mol. The van der Waals surface area contributed by atoms with Crippen LogP contribution in [0.1, 0.15) is 25.3 Å². The summed E-state index contributed by atoms with van der Waals surface area (Å²) in [6.45, 7) is 2.64. The highest BCUT2D eigenvalue weighted by molar-refractivity contribution is 9.10. The Hall–Kier alpha value is -1.62. The Labute approximate surface area is 127 Å². The summed E-state index contributed by atoms with van der Waals surface area (Å²) >= 11 is 3.40. The maximum Gasteiger partial charge on any atom is 0.307 e. The fourth-order valence-electron chi connectivity index (χ4n) is 1.41. The Morgan fingerprint density at radius 2 is 2.10 bits per heavy atom. The highest BCUT2D eigenvalue weighted by Crippen LogP contribution is 2.16. The van der Waals surface area contributed by atoms with Gasteiger partial charge < -0.3 is 10.1 Å². The van der Waals surface area contributed by atoms with Crippen LogP contribution in [0.25, 0.3) is 6.08 Å². The molecule has 0 spiro atoms. The summed E-state index contributed by atoms with van der Waals surface area (Å²) in [7, 11) is 0. The van der Waals surface area contributed by atoms with Crippen LogP contribution < -0.4 is 5.32 Å². The molecule has 5 heteroatoms. The number of esters is 1. The van der Waals surface area contributed by atoms with E-state index in [9.17, 15) is 9.59 Å². The number of carbonyl (C=O) groups excluding carboxylic acids is 2. The third-order valence-corrected chi connectivity index (χ3v) is 3.14. The number of benzene rings is 1. The Morgan fingerprint density at radius 3 is 2.80 bits per heavy atom. The van der Waals surface area contributed by atoms with Crippen molar-refractivity contribution in [3.05, 3.63) is 40.4 Å². The molecule has 0 aromatic heterocycles. The zero-order valence-electron chi connectivity index (χ0n) is 11.4. The second-order valence-electron chi connectivity index (χ2n) is 4.12. The molecule has 1 aromatic carbocycles. The van der Waals surface area contributed by atoms with Crippen molar-refractivity contribution >= 4 is 33.9 Å². The lowest BCUT2D eigenvalue weighted by Gasteiger charge is -2.03. The quantitative estimate of drug-likeness (QED) is 0.613. The van der Waals surface area contributed by atoms with Gasteiger partial charge in [0.05, 0.1) is 13.0 Å². The van der Waals surface area contributed by atoms with E-state index in [1.807, 2.05) is 31.2 Å². The molecule has 0 aliphatic heterocycles. The number of nitrogens with one attached hydrogen (secondary N) is 1. The lowest BCUT2D eigenvalue weighted by atomic mass is 10.2. The topological polar surface area (TPSA) is 55.4 Å². The number of ether oxygens (including phenoxy) is 1. The minimum absolute atomic E-state index is 0.189. The molecule has 0 heterocycles. The molecular weight excluding hydrogens is 322 g/mol. The number of halogens is 1. The van der Waals surface area contributed by atoms with E-state index in [2.05, 4.69) is 21.2 Å². The van der Waals surface area contributed by atoms with Gasteiger partial charge in [-0.25, -0.2) is 0 Å². The molecule has 20 heavy (non-hydrogen) atoms. The molecule has 0 bridgehead atoms. The van der Waals surface area contributed by atoms with E-state index in [-0.39, 0.29) is 24.8 Å². The predicted octanol–water partition coefficient (Wildman–Crippen LogP) is 2.92. The zero-order valence-corrected chi connectivity index (χ0v) is 13.0. The molecule has 1 rings (SSSR count). The van der Waals surface area contributed by atoms with Crippen molar-refractivity contribution in [2.45, 2.75) is 19.8 Å². The van der Waals surface area contributed by atoms with Gasteiger partial charge in [0, 0.05) is 17.1 Å². The number of amides is 1. The van der Waals surface area contributed by atoms with Gasteiger partial charge in [-0.2, -0.15) is 0 Å². The van der Waals surface area contributed by atoms with Crippen LogP contribution in [-0.4, -0.2) is 25.0 Å². The molecule has 1 N–H and O–H groups in total. The van der Waals surface area contributed by atoms with Crippen LogP contribution >= 0.6 is 15.9 Å². The van der Waals surface area contributed by atoms with E-state index >= 15 is 0 Å². The molecule has 0 aliphatic rings. The number of rotatable bonds is 7. The number of hydrogen-bond acceptors (Lipinski definition) is 3. The molecule has 0 radical (unpaired) electrons. The molecule has 1 amide bonds. The van der Waals surface area contributed by atoms with E-state index < -0.39 is 0 Å². The SMILES string of the molecule is CCCOC(=O)CCNC(=O)C=Cc1ccccc1Br. The van der Waals surface area contributed by atoms with Crippen molar-refractivity contribution in [3.63, 3.8) is 0 Å². The molecule has 108 valence electrons. The van der Waals surface area contributed by atoms with Crippen LogP contribution in [-0.2, 0) is 14.3 Å². The summed E-state index contributed by atoms with van der Waals surface area (Å²) in [5.74, 6) is -0.522. The van der Waals surface area contributed by atoms with Gasteiger partial charge in [0.25, 0.3) is 0 Å². The van der Waals surface area contributed by atoms with Gasteiger partial charge in [0.1, 0.15) is 0 Å². The van der Waals surface area contributed by atoms with Crippen LogP contribution in [0, 0.1) is 0 Å². The summed E-state index contributed by atoms with van der Waals surface area (Å²) in [5, 5.41) is 2.64. The third kappa shape index (κ3) is 6.52. The molecular formula is C15H18BrNO3. The first-order chi connectivity index (χ1) is 9.63. The second-order valence-corrected chi connectivity index (χ2v) is 4.97. The summed E-state index contributed by atoms with van der Waals surface area (Å²) in [6.07, 6.45) is 4.15. The maximum absolute atomic E-state index is 11.6.